The predicted molar refractivity (Wildman–Crippen MR) is 294 cm³/mol. The van der Waals surface area contributed by atoms with E-state index in [1.807, 2.05) is 36.4 Å². The number of anilines is 6. The zero-order valence-electron chi connectivity index (χ0n) is 38.5. The third kappa shape index (κ3) is 4.42. The Morgan fingerprint density at radius 2 is 0.616 bits per heavy atom. The maximum absolute atomic E-state index is 15.5. The van der Waals surface area contributed by atoms with Crippen LogP contribution in [-0.4, -0.2) is 26.9 Å². The van der Waals surface area contributed by atoms with E-state index in [0.717, 1.165) is 123 Å². The molecule has 12 heteroatoms. The lowest BCUT2D eigenvalue weighted by Gasteiger charge is -2.47. The molecule has 0 radical (unpaired) electrons. The van der Waals surface area contributed by atoms with Crippen molar-refractivity contribution in [3.63, 3.8) is 0 Å². The lowest BCUT2D eigenvalue weighted by molar-refractivity contribution is 0.465. The quantitative estimate of drug-likeness (QED) is 0.144. The number of benzene rings is 10. The highest BCUT2D eigenvalue weighted by atomic mass is 16.5. The highest BCUT2D eigenvalue weighted by Gasteiger charge is 2.53. The summed E-state index contributed by atoms with van der Waals surface area (Å²) in [6.45, 7) is -0.556. The molecule has 8 aliphatic heterocycles. The number of nitrogens with zero attached hydrogens (tertiary/aromatic N) is 2. The average molecular weight is 930 g/mol. The number of rotatable bonds is 0. The van der Waals surface area contributed by atoms with Gasteiger partial charge < -0.3 is 33.2 Å². The standard InChI is InChI=1S/C61H30B4N2O6/c68-61-31-25-39-49(72-53-29-51-55-59-57(53)64(39)35-15-3-9-21-43(35)66(59)41-19-7-1-13-33(41)62(55)37-17-5-11-23-45(37)69-51)27-47(31)71-48-28-50-40(26-32(48)61)65-36-16-4-10-22-44(36)67-42-20-8-2-14-34(42)63-38-18-6-12-24-46(38)70-52-30-54(73-50)58(65)60(67)56(52)63/h1-30H. The summed E-state index contributed by atoms with van der Waals surface area (Å²) in [6.07, 6.45) is 0. The topological polar surface area (TPSA) is 73.6 Å². The van der Waals surface area contributed by atoms with E-state index in [-0.39, 0.29) is 32.3 Å². The van der Waals surface area contributed by atoms with Gasteiger partial charge in [0.1, 0.15) is 57.2 Å². The van der Waals surface area contributed by atoms with Gasteiger partial charge in [-0.15, -0.1) is 0 Å². The van der Waals surface area contributed by atoms with Crippen LogP contribution in [0.1, 0.15) is 0 Å². The van der Waals surface area contributed by atoms with Crippen molar-refractivity contribution in [3.8, 4) is 46.0 Å². The summed E-state index contributed by atoms with van der Waals surface area (Å²) in [5.41, 5.74) is 20.6. The second-order valence-electron chi connectivity index (χ2n) is 20.4. The first-order chi connectivity index (χ1) is 36.1. The van der Waals surface area contributed by atoms with E-state index in [1.54, 1.807) is 0 Å². The summed E-state index contributed by atoms with van der Waals surface area (Å²) >= 11 is 0. The molecule has 19 rings (SSSR count). The van der Waals surface area contributed by atoms with Gasteiger partial charge in [-0.2, -0.15) is 0 Å². The van der Waals surface area contributed by atoms with E-state index in [4.69, 9.17) is 23.4 Å². The number of fused-ring (bicyclic) bond motifs is 22. The van der Waals surface area contributed by atoms with Gasteiger partial charge in [0.05, 0.1) is 10.8 Å². The third-order valence-electron chi connectivity index (χ3n) is 17.1. The maximum atomic E-state index is 15.5. The molecule has 0 N–H and O–H groups in total. The van der Waals surface area contributed by atoms with Gasteiger partial charge in [-0.1, -0.05) is 109 Å². The molecule has 8 aliphatic rings. The lowest BCUT2D eigenvalue weighted by atomic mass is 9.29. The monoisotopic (exact) mass is 930 g/mol. The maximum Gasteiger partial charge on any atom is 0.256 e. The fourth-order valence-corrected chi connectivity index (χ4v) is 14.3. The van der Waals surface area contributed by atoms with E-state index in [1.165, 1.54) is 10.9 Å². The molecule has 0 unspecified atom stereocenters. The van der Waals surface area contributed by atoms with Crippen LogP contribution in [0.25, 0.3) is 21.9 Å². The van der Waals surface area contributed by atoms with Crippen molar-refractivity contribution in [2.45, 2.75) is 0 Å². The van der Waals surface area contributed by atoms with Gasteiger partial charge >= 0.3 is 0 Å². The summed E-state index contributed by atoms with van der Waals surface area (Å²) in [6, 6.07) is 63.5. The Morgan fingerprint density at radius 1 is 0.301 bits per heavy atom. The van der Waals surface area contributed by atoms with Crippen LogP contribution in [0, 0.1) is 0 Å². The van der Waals surface area contributed by atoms with E-state index >= 15 is 4.79 Å². The van der Waals surface area contributed by atoms with E-state index < -0.39 is 0 Å². The van der Waals surface area contributed by atoms with Gasteiger partial charge in [0.25, 0.3) is 26.9 Å². The minimum absolute atomic E-state index is 0.0391. The van der Waals surface area contributed by atoms with Crippen LogP contribution in [0.4, 0.5) is 34.1 Å². The first kappa shape index (κ1) is 37.5. The fraction of sp³-hybridized carbons (Fsp3) is 0. The predicted octanol–water partition coefficient (Wildman–Crippen LogP) is 5.63. The molecule has 332 valence electrons. The molecule has 11 aromatic rings. The number of ether oxygens (including phenoxy) is 4. The Balaban J connectivity index is 0.827. The molecule has 0 spiro atoms. The molecule has 0 bridgehead atoms. The first-order valence-electron chi connectivity index (χ1n) is 25.0. The Kier molecular flexibility index (Phi) is 6.58. The summed E-state index contributed by atoms with van der Waals surface area (Å²) < 4.78 is 34.6. The Bertz CT molecular complexity index is 4290. The normalized spacial score (nSPS) is 14.9. The highest BCUT2D eigenvalue weighted by Crippen LogP contribution is 2.48. The van der Waals surface area contributed by atoms with Crippen LogP contribution in [-0.2, 0) is 0 Å². The molecule has 0 saturated heterocycles. The van der Waals surface area contributed by atoms with Gasteiger partial charge in [0, 0.05) is 58.4 Å². The minimum atomic E-state index is -0.239. The van der Waals surface area contributed by atoms with Crippen molar-refractivity contribution in [3.05, 3.63) is 192 Å². The highest BCUT2D eigenvalue weighted by molar-refractivity contribution is 7.05. The lowest BCUT2D eigenvalue weighted by Crippen LogP contribution is -2.67. The molecule has 1 aromatic heterocycles. The molecule has 9 heterocycles. The molecule has 73 heavy (non-hydrogen) atoms. The molecule has 0 atom stereocenters. The van der Waals surface area contributed by atoms with Crippen LogP contribution in [0.5, 0.6) is 46.0 Å². The first-order valence-corrected chi connectivity index (χ1v) is 25.0. The molecule has 8 nitrogen and oxygen atoms in total. The molecular weight excluding hydrogens is 900 g/mol. The number of hydrogen-bond acceptors (Lipinski definition) is 8. The van der Waals surface area contributed by atoms with Crippen molar-refractivity contribution >= 4 is 148 Å². The van der Waals surface area contributed by atoms with Gasteiger partial charge in [-0.25, -0.2) is 0 Å². The molecule has 0 amide bonds. The van der Waals surface area contributed by atoms with Crippen LogP contribution < -0.4 is 99.7 Å². The fourth-order valence-electron chi connectivity index (χ4n) is 14.3. The summed E-state index contributed by atoms with van der Waals surface area (Å²) in [7, 11) is 0. The second-order valence-corrected chi connectivity index (χ2v) is 20.4. The molecule has 0 saturated carbocycles. The van der Waals surface area contributed by atoms with Crippen molar-refractivity contribution in [1.82, 2.24) is 0 Å². The van der Waals surface area contributed by atoms with Crippen LogP contribution in [0.3, 0.4) is 0 Å². The zero-order chi connectivity index (χ0) is 47.1. The van der Waals surface area contributed by atoms with Crippen molar-refractivity contribution in [2.75, 3.05) is 9.80 Å². The van der Waals surface area contributed by atoms with Crippen molar-refractivity contribution < 1.29 is 23.4 Å². The van der Waals surface area contributed by atoms with Crippen LogP contribution in [0.15, 0.2) is 191 Å². The second kappa shape index (κ2) is 12.8. The molecule has 0 fully saturated rings. The van der Waals surface area contributed by atoms with Gasteiger partial charge in [-0.05, 0) is 114 Å². The van der Waals surface area contributed by atoms with Gasteiger partial charge in [-0.3, -0.25) is 4.79 Å². The zero-order valence-corrected chi connectivity index (χ0v) is 38.5. The Hall–Kier alpha value is -9.27. The molecule has 0 aliphatic carbocycles. The van der Waals surface area contributed by atoms with Gasteiger partial charge in [0.2, 0.25) is 0 Å². The minimum Gasteiger partial charge on any atom is -0.458 e. The summed E-state index contributed by atoms with van der Waals surface area (Å²) in [4.78, 5) is 20.3. The Morgan fingerprint density at radius 3 is 1.00 bits per heavy atom. The van der Waals surface area contributed by atoms with Crippen LogP contribution >= 0.6 is 0 Å². The van der Waals surface area contributed by atoms with E-state index in [9.17, 15) is 0 Å². The summed E-state index contributed by atoms with van der Waals surface area (Å²) in [5.74, 6) is 5.97. The smallest absolute Gasteiger partial charge is 0.256 e. The number of para-hydroxylation sites is 6. The molecule has 10 aromatic carbocycles. The molecular formula is C61H30B4N2O6. The Labute approximate surface area is 417 Å². The SMILES string of the molecule is O=c1c2cc3c(cc2oc2cc4c(cc12)B1c2ccccc2N2c5ccccc5B5c6ccccc6Oc6cc(c1c2c65)O4)Oc1cc2c4c5c1B3c1ccccc1N5c1ccccc1B4c1ccccc1O2. The average Bonchev–Trinajstić information content (AvgIpc) is 3.49. The van der Waals surface area contributed by atoms with E-state index in [2.05, 4.69) is 155 Å². The summed E-state index contributed by atoms with van der Waals surface area (Å²) in [5, 5.41) is 0.994. The third-order valence-corrected chi connectivity index (χ3v) is 17.1. The van der Waals surface area contributed by atoms with Crippen molar-refractivity contribution in [2.24, 2.45) is 0 Å². The van der Waals surface area contributed by atoms with E-state index in [0.29, 0.717) is 33.4 Å². The van der Waals surface area contributed by atoms with Gasteiger partial charge in [0.15, 0.2) is 5.43 Å². The number of hydrogen-bond donors (Lipinski definition) is 0. The van der Waals surface area contributed by atoms with Crippen molar-refractivity contribution in [1.29, 1.82) is 0 Å². The largest absolute Gasteiger partial charge is 0.458 e. The van der Waals surface area contributed by atoms with Crippen LogP contribution in [0.2, 0.25) is 0 Å².